The number of rotatable bonds is 8. The highest BCUT2D eigenvalue weighted by Crippen LogP contribution is 2.15. The maximum absolute atomic E-state index is 13.0. The van der Waals surface area contributed by atoms with Crippen LogP contribution in [0.1, 0.15) is 46.6 Å². The Morgan fingerprint density at radius 2 is 1.72 bits per heavy atom. The van der Waals surface area contributed by atoms with Gasteiger partial charge in [0.15, 0.2) is 0 Å². The fraction of sp³-hybridized carbons (Fsp3) is 0.571. The highest BCUT2D eigenvalue weighted by molar-refractivity contribution is 5.91. The second-order valence-corrected chi connectivity index (χ2v) is 8.09. The Morgan fingerprint density at radius 1 is 1.10 bits per heavy atom. The third-order valence-corrected chi connectivity index (χ3v) is 4.53. The van der Waals surface area contributed by atoms with Gasteiger partial charge in [0.2, 0.25) is 11.8 Å². The fourth-order valence-corrected chi connectivity index (χ4v) is 2.71. The molecule has 0 fully saturated rings. The van der Waals surface area contributed by atoms with E-state index in [0.29, 0.717) is 17.7 Å². The first-order valence-corrected chi connectivity index (χ1v) is 9.83. The zero-order valence-corrected chi connectivity index (χ0v) is 18.2. The van der Waals surface area contributed by atoms with E-state index in [2.05, 4.69) is 16.0 Å². The maximum Gasteiger partial charge on any atom is 0.408 e. The van der Waals surface area contributed by atoms with Gasteiger partial charge in [-0.3, -0.25) is 9.59 Å². The van der Waals surface area contributed by atoms with E-state index >= 15 is 0 Å². The van der Waals surface area contributed by atoms with Crippen molar-refractivity contribution in [2.75, 3.05) is 12.8 Å². The van der Waals surface area contributed by atoms with Gasteiger partial charge in [-0.25, -0.2) is 4.79 Å². The highest BCUT2D eigenvalue weighted by atomic mass is 16.6. The predicted octanol–water partition coefficient (Wildman–Crippen LogP) is 1.98. The first kappa shape index (κ1) is 24.3. The van der Waals surface area contributed by atoms with Crippen molar-refractivity contribution in [3.05, 3.63) is 29.8 Å². The molecule has 0 unspecified atom stereocenters. The summed E-state index contributed by atoms with van der Waals surface area (Å²) in [5.41, 5.74) is 6.52. The van der Waals surface area contributed by atoms with Gasteiger partial charge in [-0.05, 0) is 38.3 Å². The van der Waals surface area contributed by atoms with Gasteiger partial charge < -0.3 is 26.4 Å². The lowest BCUT2D eigenvalue weighted by molar-refractivity contribution is -0.131. The minimum Gasteiger partial charge on any atom is -0.444 e. The summed E-state index contributed by atoms with van der Waals surface area (Å²) < 4.78 is 5.29. The van der Waals surface area contributed by atoms with E-state index in [9.17, 15) is 14.4 Å². The Balaban J connectivity index is 3.07. The molecule has 1 aromatic rings. The number of carbonyl (C=O) groups is 3. The molecule has 8 heteroatoms. The molecule has 0 bridgehead atoms. The Labute approximate surface area is 172 Å². The summed E-state index contributed by atoms with van der Waals surface area (Å²) in [6, 6.07) is 5.45. The number of ether oxygens (including phenoxy) is 1. The van der Waals surface area contributed by atoms with Gasteiger partial charge >= 0.3 is 6.09 Å². The van der Waals surface area contributed by atoms with Gasteiger partial charge in [0.25, 0.3) is 0 Å². The summed E-state index contributed by atoms with van der Waals surface area (Å²) in [5.74, 6) is -0.848. The van der Waals surface area contributed by atoms with Crippen molar-refractivity contribution in [2.24, 2.45) is 5.92 Å². The Hall–Kier alpha value is -2.77. The number of nitrogen functional groups attached to an aromatic ring is 1. The molecule has 0 aliphatic carbocycles. The average Bonchev–Trinajstić information content (AvgIpc) is 2.64. The minimum atomic E-state index is -0.953. The van der Waals surface area contributed by atoms with Crippen LogP contribution < -0.4 is 21.7 Å². The number of benzene rings is 1. The quantitative estimate of drug-likeness (QED) is 0.492. The van der Waals surface area contributed by atoms with Crippen molar-refractivity contribution in [1.82, 2.24) is 16.0 Å². The van der Waals surface area contributed by atoms with Crippen LogP contribution in [0.4, 0.5) is 10.5 Å². The van der Waals surface area contributed by atoms with Crippen LogP contribution in [0.3, 0.4) is 0 Å². The molecular weight excluding hydrogens is 372 g/mol. The standard InChI is InChI=1S/C21H34N4O4/c1-7-13(2)17(19(27)23-6)25-18(26)16(24-20(28)29-21(3,4)5)12-14-10-8-9-11-15(14)22/h8-11,13,16-17H,7,12,22H2,1-6H3,(H,23,27)(H,24,28)(H,25,26)/t13-,16-,17-/m0/s1. The predicted molar refractivity (Wildman–Crippen MR) is 113 cm³/mol. The lowest BCUT2D eigenvalue weighted by atomic mass is 9.97. The van der Waals surface area contributed by atoms with E-state index in [4.69, 9.17) is 10.5 Å². The van der Waals surface area contributed by atoms with E-state index < -0.39 is 29.7 Å². The number of likely N-dealkylation sites (N-methyl/N-ethyl adjacent to an activating group) is 1. The largest absolute Gasteiger partial charge is 0.444 e. The van der Waals surface area contributed by atoms with E-state index in [1.165, 1.54) is 7.05 Å². The van der Waals surface area contributed by atoms with Crippen LogP contribution in [0.5, 0.6) is 0 Å². The molecule has 3 amide bonds. The van der Waals surface area contributed by atoms with Crippen LogP contribution in [0.2, 0.25) is 0 Å². The van der Waals surface area contributed by atoms with Gasteiger partial charge in [-0.1, -0.05) is 38.5 Å². The lowest BCUT2D eigenvalue weighted by Gasteiger charge is -2.27. The number of nitrogens with one attached hydrogen (secondary N) is 3. The van der Waals surface area contributed by atoms with Crippen molar-refractivity contribution in [3.63, 3.8) is 0 Å². The molecule has 8 nitrogen and oxygen atoms in total. The molecule has 0 heterocycles. The molecule has 0 aliphatic rings. The summed E-state index contributed by atoms with van der Waals surface area (Å²) in [4.78, 5) is 37.5. The van der Waals surface area contributed by atoms with Crippen LogP contribution in [-0.2, 0) is 20.7 Å². The zero-order chi connectivity index (χ0) is 22.2. The van der Waals surface area contributed by atoms with Crippen molar-refractivity contribution in [1.29, 1.82) is 0 Å². The Kier molecular flexibility index (Phi) is 8.94. The molecule has 1 aromatic carbocycles. The maximum atomic E-state index is 13.0. The van der Waals surface area contributed by atoms with Crippen LogP contribution in [0.25, 0.3) is 0 Å². The van der Waals surface area contributed by atoms with Crippen LogP contribution in [-0.4, -0.2) is 42.6 Å². The van der Waals surface area contributed by atoms with Gasteiger partial charge in [0.05, 0.1) is 0 Å². The molecule has 0 saturated heterocycles. The number of carbonyl (C=O) groups excluding carboxylic acids is 3. The van der Waals surface area contributed by atoms with E-state index in [-0.39, 0.29) is 18.2 Å². The highest BCUT2D eigenvalue weighted by Gasteiger charge is 2.30. The number of para-hydroxylation sites is 1. The minimum absolute atomic E-state index is 0.0807. The number of alkyl carbamates (subject to hydrolysis) is 1. The van der Waals surface area contributed by atoms with Crippen molar-refractivity contribution in [3.8, 4) is 0 Å². The molecule has 0 spiro atoms. The van der Waals surface area contributed by atoms with E-state index in [1.807, 2.05) is 13.8 Å². The second kappa shape index (κ2) is 10.7. The van der Waals surface area contributed by atoms with Gasteiger partial charge in [-0.15, -0.1) is 0 Å². The van der Waals surface area contributed by atoms with Crippen LogP contribution >= 0.6 is 0 Å². The molecule has 1 rings (SSSR count). The molecule has 5 N–H and O–H groups in total. The van der Waals surface area contributed by atoms with Crippen LogP contribution in [0.15, 0.2) is 24.3 Å². The van der Waals surface area contributed by atoms with Crippen molar-refractivity contribution in [2.45, 2.75) is 65.1 Å². The van der Waals surface area contributed by atoms with Gasteiger partial charge in [0.1, 0.15) is 17.7 Å². The molecule has 0 aromatic heterocycles. The summed E-state index contributed by atoms with van der Waals surface area (Å²) in [7, 11) is 1.52. The number of amides is 3. The number of hydrogen-bond acceptors (Lipinski definition) is 5. The van der Waals surface area contributed by atoms with Crippen LogP contribution in [0, 0.1) is 5.92 Å². The summed E-state index contributed by atoms with van der Waals surface area (Å²) in [6.07, 6.45) is 0.152. The van der Waals surface area contributed by atoms with Crippen molar-refractivity contribution >= 4 is 23.6 Å². The SMILES string of the molecule is CC[C@H](C)[C@H](NC(=O)[C@H](Cc1ccccc1N)NC(=O)OC(C)(C)C)C(=O)NC. The second-order valence-electron chi connectivity index (χ2n) is 8.09. The summed E-state index contributed by atoms with van der Waals surface area (Å²) in [6.45, 7) is 9.03. The summed E-state index contributed by atoms with van der Waals surface area (Å²) >= 11 is 0. The number of anilines is 1. The average molecular weight is 407 g/mol. The van der Waals surface area contributed by atoms with Crippen molar-refractivity contribution < 1.29 is 19.1 Å². The first-order valence-electron chi connectivity index (χ1n) is 9.83. The molecule has 0 aliphatic heterocycles. The fourth-order valence-electron chi connectivity index (χ4n) is 2.71. The number of nitrogens with two attached hydrogens (primary N) is 1. The zero-order valence-electron chi connectivity index (χ0n) is 18.2. The summed E-state index contributed by atoms with van der Waals surface area (Å²) in [5, 5.41) is 7.94. The molecule has 0 radical (unpaired) electrons. The molecule has 0 saturated carbocycles. The topological polar surface area (TPSA) is 123 Å². The first-order chi connectivity index (χ1) is 13.5. The lowest BCUT2D eigenvalue weighted by Crippen LogP contribution is -2.56. The van der Waals surface area contributed by atoms with Gasteiger partial charge in [0, 0.05) is 19.2 Å². The smallest absolute Gasteiger partial charge is 0.408 e. The normalized spacial score (nSPS) is 14.3. The monoisotopic (exact) mass is 406 g/mol. The number of hydrogen-bond donors (Lipinski definition) is 4. The third kappa shape index (κ3) is 8.01. The Bertz CT molecular complexity index is 715. The van der Waals surface area contributed by atoms with Gasteiger partial charge in [-0.2, -0.15) is 0 Å². The molecule has 162 valence electrons. The third-order valence-electron chi connectivity index (χ3n) is 4.53. The molecule has 3 atom stereocenters. The van der Waals surface area contributed by atoms with E-state index in [1.54, 1.807) is 45.0 Å². The molecular formula is C21H34N4O4. The Morgan fingerprint density at radius 3 is 2.24 bits per heavy atom. The molecule has 29 heavy (non-hydrogen) atoms. The van der Waals surface area contributed by atoms with E-state index in [0.717, 1.165) is 0 Å².